The van der Waals surface area contributed by atoms with Crippen LogP contribution >= 0.6 is 27.3 Å². The van der Waals surface area contributed by atoms with Gasteiger partial charge in [0.25, 0.3) is 0 Å². The van der Waals surface area contributed by atoms with E-state index in [2.05, 4.69) is 48.5 Å². The largest absolute Gasteiger partial charge is 0.134 e. The summed E-state index contributed by atoms with van der Waals surface area (Å²) in [5, 5.41) is 2.05. The van der Waals surface area contributed by atoms with E-state index in [1.54, 1.807) is 11.3 Å². The fourth-order valence-electron chi connectivity index (χ4n) is 0.628. The normalized spacial score (nSPS) is 10.7. The van der Waals surface area contributed by atoms with Crippen molar-refractivity contribution in [3.8, 4) is 11.8 Å². The Balaban J connectivity index is 2.80. The quantitative estimate of drug-likeness (QED) is 0.606. The number of halogens is 1. The Bertz CT molecular complexity index is 320. The van der Waals surface area contributed by atoms with Crippen molar-refractivity contribution in [1.82, 2.24) is 0 Å². The van der Waals surface area contributed by atoms with Crippen LogP contribution in [0.25, 0.3) is 0 Å². The van der Waals surface area contributed by atoms with Gasteiger partial charge in [-0.25, -0.2) is 0 Å². The van der Waals surface area contributed by atoms with Gasteiger partial charge in [0.2, 0.25) is 0 Å². The van der Waals surface area contributed by atoms with Crippen LogP contribution in [-0.2, 0) is 0 Å². The molecule has 1 rings (SSSR count). The van der Waals surface area contributed by atoms with Crippen molar-refractivity contribution in [1.29, 1.82) is 0 Å². The second-order valence-corrected chi connectivity index (χ2v) is 5.46. The zero-order valence-corrected chi connectivity index (χ0v) is 9.84. The highest BCUT2D eigenvalue weighted by atomic mass is 79.9. The van der Waals surface area contributed by atoms with E-state index in [4.69, 9.17) is 0 Å². The molecule has 2 heteroatoms. The van der Waals surface area contributed by atoms with Crippen molar-refractivity contribution in [3.05, 3.63) is 20.8 Å². The number of hydrogen-bond donors (Lipinski definition) is 0. The molecule has 0 bridgehead atoms. The molecule has 12 heavy (non-hydrogen) atoms. The van der Waals surface area contributed by atoms with Crippen LogP contribution < -0.4 is 0 Å². The highest BCUT2D eigenvalue weighted by Gasteiger charge is 2.03. The second kappa shape index (κ2) is 3.64. The minimum absolute atomic E-state index is 0.0937. The summed E-state index contributed by atoms with van der Waals surface area (Å²) < 4.78 is 1.12. The highest BCUT2D eigenvalue weighted by molar-refractivity contribution is 9.10. The standard InChI is InChI=1S/C10H11BrS/c1-10(2,3)5-4-9-6-8(11)7-12-9/h6-7H,1-3H3. The first-order valence-electron chi connectivity index (χ1n) is 3.74. The molecule has 0 amide bonds. The molecule has 1 aromatic rings. The van der Waals surface area contributed by atoms with Crippen LogP contribution in [0.1, 0.15) is 25.6 Å². The van der Waals surface area contributed by atoms with Crippen molar-refractivity contribution >= 4 is 27.3 Å². The summed E-state index contributed by atoms with van der Waals surface area (Å²) in [5.74, 6) is 6.34. The molecular formula is C10H11BrS. The van der Waals surface area contributed by atoms with Crippen molar-refractivity contribution in [2.45, 2.75) is 20.8 Å². The highest BCUT2D eigenvalue weighted by Crippen LogP contribution is 2.19. The average molecular weight is 243 g/mol. The number of hydrogen-bond acceptors (Lipinski definition) is 1. The van der Waals surface area contributed by atoms with E-state index in [0.29, 0.717) is 0 Å². The smallest absolute Gasteiger partial charge is 0.0780 e. The fourth-order valence-corrected chi connectivity index (χ4v) is 1.90. The Kier molecular flexibility index (Phi) is 2.98. The summed E-state index contributed by atoms with van der Waals surface area (Å²) in [6.07, 6.45) is 0. The molecule has 0 aliphatic heterocycles. The SMILES string of the molecule is CC(C)(C)C#Cc1cc(Br)cs1. The molecular weight excluding hydrogens is 232 g/mol. The molecule has 0 aliphatic carbocycles. The summed E-state index contributed by atoms with van der Waals surface area (Å²) in [4.78, 5) is 1.12. The summed E-state index contributed by atoms with van der Waals surface area (Å²) in [7, 11) is 0. The zero-order chi connectivity index (χ0) is 9.19. The second-order valence-electron chi connectivity index (χ2n) is 3.63. The zero-order valence-electron chi connectivity index (χ0n) is 7.44. The van der Waals surface area contributed by atoms with Gasteiger partial charge in [-0.3, -0.25) is 0 Å². The Morgan fingerprint density at radius 3 is 2.50 bits per heavy atom. The third-order valence-electron chi connectivity index (χ3n) is 1.13. The van der Waals surface area contributed by atoms with Gasteiger partial charge < -0.3 is 0 Å². The fraction of sp³-hybridized carbons (Fsp3) is 0.400. The van der Waals surface area contributed by atoms with Crippen molar-refractivity contribution in [2.24, 2.45) is 5.41 Å². The van der Waals surface area contributed by atoms with Crippen LogP contribution in [0.2, 0.25) is 0 Å². The van der Waals surface area contributed by atoms with E-state index in [1.165, 1.54) is 0 Å². The first kappa shape index (κ1) is 9.83. The molecule has 0 aliphatic rings. The first-order valence-corrected chi connectivity index (χ1v) is 5.42. The maximum Gasteiger partial charge on any atom is 0.0780 e. The summed E-state index contributed by atoms with van der Waals surface area (Å²) >= 11 is 5.06. The van der Waals surface area contributed by atoms with Gasteiger partial charge in [-0.15, -0.1) is 11.3 Å². The van der Waals surface area contributed by atoms with Crippen LogP contribution in [-0.4, -0.2) is 0 Å². The van der Waals surface area contributed by atoms with E-state index in [-0.39, 0.29) is 5.41 Å². The molecule has 0 aromatic carbocycles. The van der Waals surface area contributed by atoms with Crippen LogP contribution in [0, 0.1) is 17.3 Å². The van der Waals surface area contributed by atoms with Crippen LogP contribution in [0.3, 0.4) is 0 Å². The van der Waals surface area contributed by atoms with Gasteiger partial charge >= 0.3 is 0 Å². The van der Waals surface area contributed by atoms with Crippen molar-refractivity contribution < 1.29 is 0 Å². The van der Waals surface area contributed by atoms with E-state index >= 15 is 0 Å². The number of thiophene rings is 1. The molecule has 0 N–H and O–H groups in total. The van der Waals surface area contributed by atoms with E-state index in [0.717, 1.165) is 9.35 Å². The molecule has 1 aromatic heterocycles. The predicted octanol–water partition coefficient (Wildman–Crippen LogP) is 3.91. The lowest BCUT2D eigenvalue weighted by Gasteiger charge is -2.06. The van der Waals surface area contributed by atoms with Crippen molar-refractivity contribution in [2.75, 3.05) is 0 Å². The maximum atomic E-state index is 3.40. The maximum absolute atomic E-state index is 3.40. The third-order valence-corrected chi connectivity index (χ3v) is 2.73. The van der Waals surface area contributed by atoms with Crippen LogP contribution in [0.5, 0.6) is 0 Å². The van der Waals surface area contributed by atoms with Gasteiger partial charge in [-0.1, -0.05) is 11.8 Å². The van der Waals surface area contributed by atoms with Gasteiger partial charge in [0.1, 0.15) is 0 Å². The Labute approximate surface area is 86.1 Å². The molecule has 0 atom stereocenters. The van der Waals surface area contributed by atoms with E-state index in [1.807, 2.05) is 11.4 Å². The molecule has 0 spiro atoms. The van der Waals surface area contributed by atoms with E-state index < -0.39 is 0 Å². The van der Waals surface area contributed by atoms with E-state index in [9.17, 15) is 0 Å². The lowest BCUT2D eigenvalue weighted by atomic mass is 9.98. The minimum Gasteiger partial charge on any atom is -0.134 e. The monoisotopic (exact) mass is 242 g/mol. The molecule has 1 heterocycles. The molecule has 0 saturated carbocycles. The summed E-state index contributed by atoms with van der Waals surface area (Å²) in [5.41, 5.74) is 0.0937. The average Bonchev–Trinajstić information content (AvgIpc) is 2.30. The van der Waals surface area contributed by atoms with Gasteiger partial charge in [0.05, 0.1) is 4.88 Å². The molecule has 0 nitrogen and oxygen atoms in total. The van der Waals surface area contributed by atoms with Gasteiger partial charge in [-0.05, 0) is 42.8 Å². The Morgan fingerprint density at radius 1 is 1.42 bits per heavy atom. The Morgan fingerprint density at radius 2 is 2.08 bits per heavy atom. The van der Waals surface area contributed by atoms with Crippen molar-refractivity contribution in [3.63, 3.8) is 0 Å². The molecule has 0 saturated heterocycles. The Hall–Kier alpha value is -0.260. The lowest BCUT2D eigenvalue weighted by Crippen LogP contribution is -1.98. The van der Waals surface area contributed by atoms with Gasteiger partial charge in [-0.2, -0.15) is 0 Å². The molecule has 64 valence electrons. The van der Waals surface area contributed by atoms with Gasteiger partial charge in [0, 0.05) is 15.3 Å². The predicted molar refractivity (Wildman–Crippen MR) is 58.4 cm³/mol. The van der Waals surface area contributed by atoms with Gasteiger partial charge in [0.15, 0.2) is 0 Å². The first-order chi connectivity index (χ1) is 5.47. The third kappa shape index (κ3) is 3.42. The summed E-state index contributed by atoms with van der Waals surface area (Å²) in [6, 6.07) is 2.05. The van der Waals surface area contributed by atoms with Crippen LogP contribution in [0.4, 0.5) is 0 Å². The van der Waals surface area contributed by atoms with Crippen LogP contribution in [0.15, 0.2) is 15.9 Å². The molecule has 0 unspecified atom stereocenters. The molecule has 0 radical (unpaired) electrons. The molecule has 0 fully saturated rings. The number of rotatable bonds is 0. The minimum atomic E-state index is 0.0937. The summed E-state index contributed by atoms with van der Waals surface area (Å²) in [6.45, 7) is 6.34. The topological polar surface area (TPSA) is 0 Å². The lowest BCUT2D eigenvalue weighted by molar-refractivity contribution is 0.571.